The Morgan fingerprint density at radius 2 is 1.85 bits per heavy atom. The van der Waals surface area contributed by atoms with Crippen molar-refractivity contribution < 1.29 is 9.84 Å². The van der Waals surface area contributed by atoms with Gasteiger partial charge in [0, 0.05) is 0 Å². The van der Waals surface area contributed by atoms with Crippen LogP contribution in [0.1, 0.15) is 30.5 Å². The van der Waals surface area contributed by atoms with Crippen LogP contribution in [0, 0.1) is 6.92 Å². The summed E-state index contributed by atoms with van der Waals surface area (Å²) in [6.45, 7) is 4.19. The summed E-state index contributed by atoms with van der Waals surface area (Å²) in [6.07, 6.45) is 0.946. The first-order valence-corrected chi connectivity index (χ1v) is 6.84. The molecule has 0 amide bonds. The van der Waals surface area contributed by atoms with Crippen LogP contribution in [0.2, 0.25) is 0 Å². The average molecular weight is 271 g/mol. The van der Waals surface area contributed by atoms with Gasteiger partial charge in [0.25, 0.3) is 0 Å². The highest BCUT2D eigenvalue weighted by Gasteiger charge is 2.12. The highest BCUT2D eigenvalue weighted by atomic mass is 16.5. The minimum absolute atomic E-state index is 0.186. The van der Waals surface area contributed by atoms with Crippen LogP contribution < -0.4 is 10.1 Å². The Bertz CT molecular complexity index is 564. The molecule has 1 atom stereocenters. The molecule has 0 fully saturated rings. The molecule has 0 radical (unpaired) electrons. The summed E-state index contributed by atoms with van der Waals surface area (Å²) in [5.41, 5.74) is 3.33. The zero-order valence-corrected chi connectivity index (χ0v) is 12.2. The van der Waals surface area contributed by atoms with Crippen LogP contribution in [0.25, 0.3) is 0 Å². The summed E-state index contributed by atoms with van der Waals surface area (Å²) in [7, 11) is 1.68. The maximum Gasteiger partial charge on any atom is 0.141 e. The maximum absolute atomic E-state index is 9.38. The average Bonchev–Trinajstić information content (AvgIpc) is 2.46. The van der Waals surface area contributed by atoms with Crippen molar-refractivity contribution in [2.45, 2.75) is 26.3 Å². The fraction of sp³-hybridized carbons (Fsp3) is 0.294. The molecule has 20 heavy (non-hydrogen) atoms. The number of aromatic hydroxyl groups is 1. The fourth-order valence-corrected chi connectivity index (χ4v) is 2.25. The van der Waals surface area contributed by atoms with Gasteiger partial charge in [0.2, 0.25) is 0 Å². The number of hydrogen-bond acceptors (Lipinski definition) is 3. The van der Waals surface area contributed by atoms with Crippen molar-refractivity contribution in [2.75, 3.05) is 12.4 Å². The highest BCUT2D eigenvalue weighted by molar-refractivity contribution is 5.59. The lowest BCUT2D eigenvalue weighted by Crippen LogP contribution is -2.10. The summed E-state index contributed by atoms with van der Waals surface area (Å²) >= 11 is 0. The molecule has 3 nitrogen and oxygen atoms in total. The lowest BCUT2D eigenvalue weighted by atomic mass is 10.0. The smallest absolute Gasteiger partial charge is 0.141 e. The fourth-order valence-electron chi connectivity index (χ4n) is 2.25. The standard InChI is InChI=1S/C17H21NO2/c1-4-15(13-6-8-14(19)9-7-13)18-16-11-12(2)5-10-17(16)20-3/h5-11,15,18-19H,4H2,1-3H3. The highest BCUT2D eigenvalue weighted by Crippen LogP contribution is 2.31. The van der Waals surface area contributed by atoms with Crippen LogP contribution in [0.3, 0.4) is 0 Å². The molecule has 1 unspecified atom stereocenters. The molecule has 0 saturated carbocycles. The Kier molecular flexibility index (Phi) is 4.51. The third-order valence-corrected chi connectivity index (χ3v) is 3.39. The SMILES string of the molecule is CCC(Nc1cc(C)ccc1OC)c1ccc(O)cc1. The molecule has 0 saturated heterocycles. The number of nitrogens with one attached hydrogen (secondary N) is 1. The third-order valence-electron chi connectivity index (χ3n) is 3.39. The van der Waals surface area contributed by atoms with E-state index in [0.717, 1.165) is 23.4 Å². The summed E-state index contributed by atoms with van der Waals surface area (Å²) in [5.74, 6) is 1.13. The van der Waals surface area contributed by atoms with E-state index in [9.17, 15) is 5.11 Å². The van der Waals surface area contributed by atoms with Crippen LogP contribution >= 0.6 is 0 Å². The minimum Gasteiger partial charge on any atom is -0.508 e. The van der Waals surface area contributed by atoms with Crippen molar-refractivity contribution in [1.29, 1.82) is 0 Å². The van der Waals surface area contributed by atoms with Gasteiger partial charge in [-0.15, -0.1) is 0 Å². The van der Waals surface area contributed by atoms with Crippen molar-refractivity contribution >= 4 is 5.69 Å². The van der Waals surface area contributed by atoms with Crippen LogP contribution in [0.15, 0.2) is 42.5 Å². The molecule has 0 spiro atoms. The molecule has 3 heteroatoms. The second kappa shape index (κ2) is 6.33. The monoisotopic (exact) mass is 271 g/mol. The lowest BCUT2D eigenvalue weighted by Gasteiger charge is -2.21. The molecule has 106 valence electrons. The number of anilines is 1. The Labute approximate surface area is 120 Å². The van der Waals surface area contributed by atoms with E-state index >= 15 is 0 Å². The zero-order chi connectivity index (χ0) is 14.5. The van der Waals surface area contributed by atoms with Crippen LogP contribution in [0.4, 0.5) is 5.69 Å². The predicted octanol–water partition coefficient (Wildman–Crippen LogP) is 4.27. The number of methoxy groups -OCH3 is 1. The normalized spacial score (nSPS) is 11.9. The predicted molar refractivity (Wildman–Crippen MR) is 82.5 cm³/mol. The molecule has 0 bridgehead atoms. The summed E-state index contributed by atoms with van der Waals surface area (Å²) in [4.78, 5) is 0. The quantitative estimate of drug-likeness (QED) is 0.853. The van der Waals surface area contributed by atoms with Gasteiger partial charge in [-0.1, -0.05) is 25.1 Å². The van der Waals surface area contributed by atoms with E-state index in [4.69, 9.17) is 4.74 Å². The van der Waals surface area contributed by atoms with E-state index in [1.165, 1.54) is 5.56 Å². The minimum atomic E-state index is 0.186. The number of ether oxygens (including phenoxy) is 1. The summed E-state index contributed by atoms with van der Waals surface area (Å²) < 4.78 is 5.40. The van der Waals surface area contributed by atoms with E-state index in [2.05, 4.69) is 25.2 Å². The van der Waals surface area contributed by atoms with Gasteiger partial charge in [-0.05, 0) is 48.7 Å². The molecule has 0 heterocycles. The lowest BCUT2D eigenvalue weighted by molar-refractivity contribution is 0.416. The Morgan fingerprint density at radius 3 is 2.45 bits per heavy atom. The maximum atomic E-state index is 9.38. The van der Waals surface area contributed by atoms with E-state index in [-0.39, 0.29) is 11.8 Å². The van der Waals surface area contributed by atoms with Gasteiger partial charge >= 0.3 is 0 Å². The van der Waals surface area contributed by atoms with Gasteiger partial charge in [-0.2, -0.15) is 0 Å². The van der Waals surface area contributed by atoms with E-state index in [0.29, 0.717) is 0 Å². The first kappa shape index (κ1) is 14.3. The first-order chi connectivity index (χ1) is 9.63. The van der Waals surface area contributed by atoms with E-state index < -0.39 is 0 Å². The Morgan fingerprint density at radius 1 is 1.15 bits per heavy atom. The number of phenols is 1. The van der Waals surface area contributed by atoms with Crippen LogP contribution in [0.5, 0.6) is 11.5 Å². The summed E-state index contributed by atoms with van der Waals surface area (Å²) in [5, 5.41) is 12.9. The van der Waals surface area contributed by atoms with Crippen molar-refractivity contribution in [2.24, 2.45) is 0 Å². The molecular formula is C17H21NO2. The van der Waals surface area contributed by atoms with Gasteiger partial charge in [0.15, 0.2) is 0 Å². The molecule has 0 aliphatic carbocycles. The topological polar surface area (TPSA) is 41.5 Å². The Balaban J connectivity index is 2.26. The third kappa shape index (κ3) is 3.23. The Hall–Kier alpha value is -2.16. The van der Waals surface area contributed by atoms with Crippen molar-refractivity contribution in [3.63, 3.8) is 0 Å². The second-order valence-corrected chi connectivity index (χ2v) is 4.90. The van der Waals surface area contributed by atoms with Gasteiger partial charge in [0.05, 0.1) is 18.8 Å². The molecule has 0 aliphatic heterocycles. The molecule has 2 aromatic rings. The van der Waals surface area contributed by atoms with Crippen molar-refractivity contribution in [3.8, 4) is 11.5 Å². The molecule has 2 N–H and O–H groups in total. The number of benzene rings is 2. The molecule has 0 aliphatic rings. The van der Waals surface area contributed by atoms with Gasteiger partial charge in [-0.25, -0.2) is 0 Å². The molecule has 2 rings (SSSR count). The van der Waals surface area contributed by atoms with Crippen LogP contribution in [-0.2, 0) is 0 Å². The van der Waals surface area contributed by atoms with Crippen molar-refractivity contribution in [1.82, 2.24) is 0 Å². The van der Waals surface area contributed by atoms with E-state index in [1.54, 1.807) is 19.2 Å². The summed E-state index contributed by atoms with van der Waals surface area (Å²) in [6, 6.07) is 13.6. The molecule has 0 aromatic heterocycles. The van der Waals surface area contributed by atoms with Gasteiger partial charge < -0.3 is 15.2 Å². The zero-order valence-electron chi connectivity index (χ0n) is 12.2. The number of rotatable bonds is 5. The number of hydrogen-bond donors (Lipinski definition) is 2. The second-order valence-electron chi connectivity index (χ2n) is 4.90. The van der Waals surface area contributed by atoms with Crippen LogP contribution in [-0.4, -0.2) is 12.2 Å². The largest absolute Gasteiger partial charge is 0.508 e. The van der Waals surface area contributed by atoms with Gasteiger partial charge in [0.1, 0.15) is 11.5 Å². The van der Waals surface area contributed by atoms with Crippen molar-refractivity contribution in [3.05, 3.63) is 53.6 Å². The molecular weight excluding hydrogens is 250 g/mol. The first-order valence-electron chi connectivity index (χ1n) is 6.84. The van der Waals surface area contributed by atoms with E-state index in [1.807, 2.05) is 24.3 Å². The number of aryl methyl sites for hydroxylation is 1. The van der Waals surface area contributed by atoms with Gasteiger partial charge in [-0.3, -0.25) is 0 Å². The molecule has 2 aromatic carbocycles. The number of phenolic OH excluding ortho intramolecular Hbond substituents is 1.